The van der Waals surface area contributed by atoms with Crippen LogP contribution in [-0.4, -0.2) is 30.4 Å². The van der Waals surface area contributed by atoms with E-state index in [1.165, 1.54) is 0 Å². The fourth-order valence-corrected chi connectivity index (χ4v) is 1.62. The molecule has 1 aliphatic heterocycles. The Balaban J connectivity index is 0.000000141. The zero-order valence-electron chi connectivity index (χ0n) is 10.4. The summed E-state index contributed by atoms with van der Waals surface area (Å²) in [5, 5.41) is 17.2. The van der Waals surface area contributed by atoms with Gasteiger partial charge in [-0.15, -0.1) is 0 Å². The monoisotopic (exact) mass is 258 g/mol. The molecule has 0 bridgehead atoms. The number of hydrogen-bond donors (Lipinski definition) is 2. The van der Waals surface area contributed by atoms with Gasteiger partial charge >= 0.3 is 7.12 Å². The lowest BCUT2D eigenvalue weighted by Crippen LogP contribution is -2.29. The Hall–Kier alpha value is -1.98. The van der Waals surface area contributed by atoms with Crippen molar-refractivity contribution in [3.8, 4) is 11.5 Å². The third kappa shape index (κ3) is 4.01. The molecule has 19 heavy (non-hydrogen) atoms. The van der Waals surface area contributed by atoms with Crippen molar-refractivity contribution < 1.29 is 19.5 Å². The number of ether oxygens (including phenoxy) is 2. The van der Waals surface area contributed by atoms with Crippen LogP contribution in [0.4, 0.5) is 0 Å². The highest BCUT2D eigenvalue weighted by Gasteiger charge is 2.08. The molecular formula is C14H15BO4. The minimum atomic E-state index is -1.34. The van der Waals surface area contributed by atoms with Crippen molar-refractivity contribution in [1.82, 2.24) is 0 Å². The van der Waals surface area contributed by atoms with Crippen LogP contribution in [0.15, 0.2) is 54.6 Å². The molecule has 98 valence electrons. The molecule has 0 spiro atoms. The first-order valence-electron chi connectivity index (χ1n) is 6.03. The fourth-order valence-electron chi connectivity index (χ4n) is 1.62. The van der Waals surface area contributed by atoms with E-state index in [0.29, 0.717) is 18.7 Å². The van der Waals surface area contributed by atoms with Crippen molar-refractivity contribution in [3.63, 3.8) is 0 Å². The van der Waals surface area contributed by atoms with Gasteiger partial charge in [-0.2, -0.15) is 0 Å². The summed E-state index contributed by atoms with van der Waals surface area (Å²) in [5.74, 6) is 1.71. The molecule has 0 fully saturated rings. The van der Waals surface area contributed by atoms with Gasteiger partial charge in [-0.3, -0.25) is 0 Å². The van der Waals surface area contributed by atoms with E-state index >= 15 is 0 Å². The summed E-state index contributed by atoms with van der Waals surface area (Å²) < 4.78 is 10.6. The summed E-state index contributed by atoms with van der Waals surface area (Å²) in [6, 6.07) is 16.4. The molecule has 0 radical (unpaired) electrons. The second-order valence-corrected chi connectivity index (χ2v) is 3.93. The Morgan fingerprint density at radius 2 is 1.21 bits per heavy atom. The average Bonchev–Trinajstić information content (AvgIpc) is 2.49. The molecular weight excluding hydrogens is 243 g/mol. The third-order valence-corrected chi connectivity index (χ3v) is 2.55. The molecule has 2 N–H and O–H groups in total. The Bertz CT molecular complexity index is 477. The number of fused-ring (bicyclic) bond motifs is 1. The van der Waals surface area contributed by atoms with E-state index in [1.807, 2.05) is 30.3 Å². The van der Waals surface area contributed by atoms with E-state index in [9.17, 15) is 0 Å². The van der Waals surface area contributed by atoms with Crippen LogP contribution in [0.1, 0.15) is 0 Å². The number of hydrogen-bond acceptors (Lipinski definition) is 4. The summed E-state index contributed by atoms with van der Waals surface area (Å²) in [5.41, 5.74) is 0.525. The molecule has 0 aromatic heterocycles. The van der Waals surface area contributed by atoms with Crippen LogP contribution in [0.3, 0.4) is 0 Å². The molecule has 0 atom stereocenters. The molecule has 0 aliphatic carbocycles. The Labute approximate surface area is 112 Å². The van der Waals surface area contributed by atoms with Gasteiger partial charge in [0, 0.05) is 0 Å². The molecule has 1 aliphatic rings. The minimum absolute atomic E-state index is 0.525. The lowest BCUT2D eigenvalue weighted by Gasteiger charge is -2.17. The highest BCUT2D eigenvalue weighted by molar-refractivity contribution is 6.58. The van der Waals surface area contributed by atoms with Crippen LogP contribution in [-0.2, 0) is 0 Å². The highest BCUT2D eigenvalue weighted by Crippen LogP contribution is 2.28. The lowest BCUT2D eigenvalue weighted by molar-refractivity contribution is 0.171. The van der Waals surface area contributed by atoms with Gasteiger partial charge in [-0.05, 0) is 17.6 Å². The van der Waals surface area contributed by atoms with Gasteiger partial charge in [-0.1, -0.05) is 42.5 Å². The summed E-state index contributed by atoms with van der Waals surface area (Å²) >= 11 is 0. The number of benzene rings is 2. The van der Waals surface area contributed by atoms with E-state index in [1.54, 1.807) is 24.3 Å². The Morgan fingerprint density at radius 3 is 1.63 bits per heavy atom. The number of rotatable bonds is 1. The van der Waals surface area contributed by atoms with Crippen molar-refractivity contribution in [2.24, 2.45) is 0 Å². The van der Waals surface area contributed by atoms with Crippen molar-refractivity contribution in [2.75, 3.05) is 13.2 Å². The van der Waals surface area contributed by atoms with Gasteiger partial charge in [0.15, 0.2) is 11.5 Å². The predicted octanol–water partition coefficient (Wildman–Crippen LogP) is 0.824. The van der Waals surface area contributed by atoms with Gasteiger partial charge in [0.2, 0.25) is 0 Å². The summed E-state index contributed by atoms with van der Waals surface area (Å²) in [6.45, 7) is 1.33. The summed E-state index contributed by atoms with van der Waals surface area (Å²) in [6.07, 6.45) is 0. The van der Waals surface area contributed by atoms with Gasteiger partial charge in [0.1, 0.15) is 13.2 Å². The minimum Gasteiger partial charge on any atom is -0.486 e. The molecule has 0 saturated heterocycles. The van der Waals surface area contributed by atoms with Gasteiger partial charge < -0.3 is 19.5 Å². The van der Waals surface area contributed by atoms with E-state index in [4.69, 9.17) is 19.5 Å². The summed E-state index contributed by atoms with van der Waals surface area (Å²) in [7, 11) is -1.34. The van der Waals surface area contributed by atoms with E-state index in [2.05, 4.69) is 0 Å². The average molecular weight is 258 g/mol. The zero-order chi connectivity index (χ0) is 13.5. The van der Waals surface area contributed by atoms with Crippen LogP contribution in [0.2, 0.25) is 0 Å². The van der Waals surface area contributed by atoms with E-state index in [-0.39, 0.29) is 0 Å². The molecule has 0 amide bonds. The predicted molar refractivity (Wildman–Crippen MR) is 73.7 cm³/mol. The zero-order valence-corrected chi connectivity index (χ0v) is 10.4. The molecule has 2 aromatic rings. The Kier molecular flexibility index (Phi) is 4.83. The molecule has 3 rings (SSSR count). The summed E-state index contributed by atoms with van der Waals surface area (Å²) in [4.78, 5) is 0. The largest absolute Gasteiger partial charge is 0.488 e. The van der Waals surface area contributed by atoms with Crippen molar-refractivity contribution in [1.29, 1.82) is 0 Å². The van der Waals surface area contributed by atoms with Crippen LogP contribution < -0.4 is 14.9 Å². The first-order valence-corrected chi connectivity index (χ1v) is 6.03. The van der Waals surface area contributed by atoms with E-state index < -0.39 is 7.12 Å². The van der Waals surface area contributed by atoms with Crippen LogP contribution >= 0.6 is 0 Å². The smallest absolute Gasteiger partial charge is 0.486 e. The van der Waals surface area contributed by atoms with Crippen LogP contribution in [0, 0.1) is 0 Å². The highest BCUT2D eigenvalue weighted by atomic mass is 16.6. The lowest BCUT2D eigenvalue weighted by atomic mass is 9.81. The van der Waals surface area contributed by atoms with Crippen LogP contribution in [0.25, 0.3) is 0 Å². The fraction of sp³-hybridized carbons (Fsp3) is 0.143. The van der Waals surface area contributed by atoms with E-state index in [0.717, 1.165) is 11.5 Å². The molecule has 0 saturated carbocycles. The van der Waals surface area contributed by atoms with Gasteiger partial charge in [-0.25, -0.2) is 0 Å². The molecule has 5 heteroatoms. The first-order chi connectivity index (χ1) is 9.27. The van der Waals surface area contributed by atoms with Crippen molar-refractivity contribution in [3.05, 3.63) is 54.6 Å². The first kappa shape index (κ1) is 13.5. The normalized spacial score (nSPS) is 12.1. The SMILES string of the molecule is OB(O)c1ccccc1.c1ccc2c(c1)OCCO2. The van der Waals surface area contributed by atoms with Gasteiger partial charge in [0.05, 0.1) is 0 Å². The molecule has 0 unspecified atom stereocenters. The molecule has 4 nitrogen and oxygen atoms in total. The topological polar surface area (TPSA) is 58.9 Å². The second-order valence-electron chi connectivity index (χ2n) is 3.93. The standard InChI is InChI=1S/C8H8O2.C6H7BO2/c1-2-4-8-7(3-1)9-5-6-10-8;8-7(9)6-4-2-1-3-5-6/h1-4H,5-6H2;1-5,8-9H. The maximum absolute atomic E-state index is 8.58. The van der Waals surface area contributed by atoms with Crippen molar-refractivity contribution >= 4 is 12.6 Å². The maximum atomic E-state index is 8.58. The van der Waals surface area contributed by atoms with Crippen molar-refractivity contribution in [2.45, 2.75) is 0 Å². The second kappa shape index (κ2) is 6.82. The molecule has 1 heterocycles. The van der Waals surface area contributed by atoms with Gasteiger partial charge in [0.25, 0.3) is 0 Å². The van der Waals surface area contributed by atoms with Crippen LogP contribution in [0.5, 0.6) is 11.5 Å². The third-order valence-electron chi connectivity index (χ3n) is 2.55. The maximum Gasteiger partial charge on any atom is 0.488 e. The number of para-hydroxylation sites is 2. The quantitative estimate of drug-likeness (QED) is 0.743. The Morgan fingerprint density at radius 1 is 0.737 bits per heavy atom. The molecule has 2 aromatic carbocycles.